The van der Waals surface area contributed by atoms with Gasteiger partial charge in [-0.25, -0.2) is 0 Å². The highest BCUT2D eigenvalue weighted by Crippen LogP contribution is 2.62. The second-order valence-corrected chi connectivity index (χ2v) is 31.6. The van der Waals surface area contributed by atoms with Gasteiger partial charge >= 0.3 is 0 Å². The number of hydrogen-bond donors (Lipinski definition) is 0. The fourth-order valence-corrected chi connectivity index (χ4v) is 18.1. The first-order valence-electron chi connectivity index (χ1n) is 31.2. The first-order chi connectivity index (χ1) is 39.3. The Hall–Kier alpha value is -6.82. The van der Waals surface area contributed by atoms with Gasteiger partial charge in [0.1, 0.15) is 0 Å². The Morgan fingerprint density at radius 3 is 1.59 bits per heavy atom. The average Bonchev–Trinajstić information content (AvgIpc) is 1.73. The Morgan fingerprint density at radius 2 is 0.988 bits per heavy atom. The second kappa shape index (κ2) is 17.6. The molecule has 8 aromatic carbocycles. The molecule has 2 unspecified atom stereocenters. The summed E-state index contributed by atoms with van der Waals surface area (Å²) in [5, 5.41) is 2.81. The van der Waals surface area contributed by atoms with Crippen molar-refractivity contribution in [3.63, 3.8) is 0 Å². The van der Waals surface area contributed by atoms with E-state index in [1.165, 1.54) is 143 Å². The summed E-state index contributed by atoms with van der Waals surface area (Å²) in [7, 11) is 0. The van der Waals surface area contributed by atoms with Gasteiger partial charge in [0.25, 0.3) is 6.71 Å². The van der Waals surface area contributed by atoms with Gasteiger partial charge in [-0.15, -0.1) is 11.3 Å². The van der Waals surface area contributed by atoms with E-state index in [2.05, 4.69) is 269 Å². The molecule has 5 heteroatoms. The molecule has 1 saturated carbocycles. The van der Waals surface area contributed by atoms with Crippen molar-refractivity contribution in [3.05, 3.63) is 202 Å². The van der Waals surface area contributed by atoms with E-state index in [4.69, 9.17) is 0 Å². The van der Waals surface area contributed by atoms with Gasteiger partial charge in [-0.1, -0.05) is 163 Å². The third kappa shape index (κ3) is 7.87. The van der Waals surface area contributed by atoms with Crippen molar-refractivity contribution in [2.24, 2.45) is 0 Å². The van der Waals surface area contributed by atoms with Gasteiger partial charge in [0, 0.05) is 50.2 Å². The Kier molecular flexibility index (Phi) is 11.2. The highest BCUT2D eigenvalue weighted by atomic mass is 32.1. The first-order valence-corrected chi connectivity index (χ1v) is 32.0. The van der Waals surface area contributed by atoms with Crippen LogP contribution in [-0.2, 0) is 37.9 Å². The summed E-state index contributed by atoms with van der Waals surface area (Å²) < 4.78 is 1.42. The number of rotatable bonds is 6. The quantitative estimate of drug-likeness (QED) is 0.154. The van der Waals surface area contributed by atoms with Crippen molar-refractivity contribution >= 4 is 95.0 Å². The minimum atomic E-state index is -0.0656. The van der Waals surface area contributed by atoms with E-state index >= 15 is 0 Å². The summed E-state index contributed by atoms with van der Waals surface area (Å²) in [6.07, 6.45) is 8.48. The molecular formula is C78H82BN3S. The van der Waals surface area contributed by atoms with Crippen LogP contribution in [0.4, 0.5) is 50.5 Å². The summed E-state index contributed by atoms with van der Waals surface area (Å²) >= 11 is 2.05. The van der Waals surface area contributed by atoms with Crippen LogP contribution in [-0.4, -0.2) is 6.71 Å². The van der Waals surface area contributed by atoms with Crippen molar-refractivity contribution < 1.29 is 0 Å². The lowest BCUT2D eigenvalue weighted by Gasteiger charge is -2.46. The third-order valence-electron chi connectivity index (χ3n) is 22.0. The number of hydrogen-bond acceptors (Lipinski definition) is 4. The molecule has 3 heterocycles. The van der Waals surface area contributed by atoms with Gasteiger partial charge in [0.05, 0.1) is 5.00 Å². The smallest absolute Gasteiger partial charge is 0.254 e. The summed E-state index contributed by atoms with van der Waals surface area (Å²) in [6, 6.07) is 62.2. The molecular weight excluding hydrogens is 1020 g/mol. The molecule has 0 spiro atoms. The van der Waals surface area contributed by atoms with E-state index in [1.807, 2.05) is 11.3 Å². The van der Waals surface area contributed by atoms with Crippen LogP contribution in [0.3, 0.4) is 0 Å². The predicted molar refractivity (Wildman–Crippen MR) is 359 cm³/mol. The minimum absolute atomic E-state index is 0.00309. The molecule has 418 valence electrons. The first kappa shape index (κ1) is 52.9. The fourth-order valence-electron chi connectivity index (χ4n) is 16.8. The van der Waals surface area contributed by atoms with Crippen molar-refractivity contribution in [2.75, 3.05) is 14.7 Å². The maximum atomic E-state index is 2.76. The molecule has 1 aromatic heterocycles. The Morgan fingerprint density at radius 1 is 0.446 bits per heavy atom. The Balaban J connectivity index is 1.05. The van der Waals surface area contributed by atoms with Gasteiger partial charge in [-0.2, -0.15) is 0 Å². The predicted octanol–water partition coefficient (Wildman–Crippen LogP) is 20.1. The number of anilines is 9. The van der Waals surface area contributed by atoms with Crippen LogP contribution >= 0.6 is 11.3 Å². The van der Waals surface area contributed by atoms with Crippen molar-refractivity contribution in [1.82, 2.24) is 0 Å². The molecule has 3 nitrogen and oxygen atoms in total. The molecule has 0 radical (unpaired) electrons. The second-order valence-electron chi connectivity index (χ2n) is 30.6. The third-order valence-corrected chi connectivity index (χ3v) is 23.1. The monoisotopic (exact) mass is 1100 g/mol. The summed E-state index contributed by atoms with van der Waals surface area (Å²) in [4.78, 5) is 7.90. The maximum Gasteiger partial charge on any atom is 0.254 e. The molecule has 15 rings (SSSR count). The summed E-state index contributed by atoms with van der Waals surface area (Å²) in [5.74, 6) is 0. The normalized spacial score (nSPS) is 21.7. The van der Waals surface area contributed by atoms with Crippen LogP contribution in [0.15, 0.2) is 158 Å². The lowest BCUT2D eigenvalue weighted by atomic mass is 9.33. The van der Waals surface area contributed by atoms with E-state index in [9.17, 15) is 0 Å². The molecule has 6 aliphatic rings. The molecule has 4 aliphatic carbocycles. The number of benzene rings is 8. The summed E-state index contributed by atoms with van der Waals surface area (Å²) in [6.45, 7) is 34.6. The van der Waals surface area contributed by atoms with Crippen molar-refractivity contribution in [3.8, 4) is 11.1 Å². The molecule has 0 saturated heterocycles. The molecule has 0 amide bonds. The van der Waals surface area contributed by atoms with Crippen LogP contribution < -0.4 is 31.1 Å². The van der Waals surface area contributed by atoms with Gasteiger partial charge in [-0.3, -0.25) is 0 Å². The van der Waals surface area contributed by atoms with Crippen LogP contribution in [0.2, 0.25) is 0 Å². The maximum absolute atomic E-state index is 2.76. The lowest BCUT2D eigenvalue weighted by Crippen LogP contribution is -2.61. The molecule has 2 aliphatic heterocycles. The van der Waals surface area contributed by atoms with Crippen LogP contribution in [0.25, 0.3) is 21.2 Å². The zero-order valence-electron chi connectivity index (χ0n) is 51.8. The molecule has 2 bridgehead atoms. The zero-order valence-corrected chi connectivity index (χ0v) is 52.6. The number of para-hydroxylation sites is 2. The molecule has 0 N–H and O–H groups in total. The number of thiophene rings is 1. The zero-order chi connectivity index (χ0) is 57.7. The molecule has 2 atom stereocenters. The van der Waals surface area contributed by atoms with Gasteiger partial charge in [0.2, 0.25) is 0 Å². The van der Waals surface area contributed by atoms with Crippen LogP contribution in [0, 0.1) is 6.92 Å². The van der Waals surface area contributed by atoms with Crippen molar-refractivity contribution in [2.45, 2.75) is 180 Å². The fraction of sp³-hybridized carbons (Fsp3) is 0.359. The van der Waals surface area contributed by atoms with Gasteiger partial charge in [-0.05, 0) is 252 Å². The van der Waals surface area contributed by atoms with Crippen LogP contribution in [0.1, 0.15) is 179 Å². The standard InChI is InChI=1S/C78H82BN3S/c1-48-39-58-60(76(11,12)36-35-74(58,7)8)45-64(48)82-65-42-51(72(2,3)4)27-32-63(65)79-69-56-44-61-62(78(14)38-37-77(61,13)47-78)46-68(56)83-71(69)81(55-30-31-57-59(43-55)75(9,10)34-33-73(57,5)6)66-40-50(41-67(82)70(66)79)49-25-28-54(29-26-49)80(52-21-17-15-18-22-52)53-23-19-16-20-24-53/h15-32,39-46H,33-38,47H2,1-14H3. The van der Waals surface area contributed by atoms with Crippen molar-refractivity contribution in [1.29, 1.82) is 0 Å². The Bertz CT molecular complexity index is 4130. The minimum Gasteiger partial charge on any atom is -0.311 e. The molecule has 9 aromatic rings. The van der Waals surface area contributed by atoms with Gasteiger partial charge in [0.15, 0.2) is 0 Å². The van der Waals surface area contributed by atoms with E-state index < -0.39 is 0 Å². The topological polar surface area (TPSA) is 9.72 Å². The van der Waals surface area contributed by atoms with E-state index in [-0.39, 0.29) is 44.6 Å². The highest BCUT2D eigenvalue weighted by molar-refractivity contribution is 7.26. The van der Waals surface area contributed by atoms with Gasteiger partial charge < -0.3 is 14.7 Å². The lowest BCUT2D eigenvalue weighted by molar-refractivity contribution is 0.332. The number of nitrogens with zero attached hydrogens (tertiary/aromatic N) is 3. The van der Waals surface area contributed by atoms with E-state index in [0.29, 0.717) is 0 Å². The molecule has 1 fully saturated rings. The van der Waals surface area contributed by atoms with E-state index in [1.54, 1.807) is 11.1 Å². The number of fused-ring (bicyclic) bond motifs is 13. The average molecular weight is 1100 g/mol. The Labute approximate surface area is 499 Å². The molecule has 83 heavy (non-hydrogen) atoms. The number of aryl methyl sites for hydroxylation is 1. The largest absolute Gasteiger partial charge is 0.311 e. The van der Waals surface area contributed by atoms with Crippen LogP contribution in [0.5, 0.6) is 0 Å². The summed E-state index contributed by atoms with van der Waals surface area (Å²) in [5.41, 5.74) is 29.0. The van der Waals surface area contributed by atoms with E-state index in [0.717, 1.165) is 23.5 Å². The highest BCUT2D eigenvalue weighted by Gasteiger charge is 2.54. The SMILES string of the molecule is Cc1cc2c(cc1N1c3cc(C(C)(C)C)ccc3B3c4c1cc(-c1ccc(N(c5ccccc5)c5ccccc5)cc1)cc4N(c1ccc4c(c1)C(C)(C)CCC4(C)C)c1sc4cc5c(cc4c13)C1(C)CCC5(C)C1)C(C)(C)CCC2(C)C.